The van der Waals surface area contributed by atoms with Crippen LogP contribution in [0.15, 0.2) is 76.1 Å². The predicted octanol–water partition coefficient (Wildman–Crippen LogP) is 5.99. The van der Waals surface area contributed by atoms with Gasteiger partial charge in [0.1, 0.15) is 12.9 Å². The molecule has 232 valence electrons. The molecule has 0 N–H and O–H groups in total. The molecule has 5 rings (SSSR count). The maximum absolute atomic E-state index is 13.3. The molecule has 0 amide bonds. The Balaban J connectivity index is 1.60. The zero-order chi connectivity index (χ0) is 30.8. The zero-order valence-corrected chi connectivity index (χ0v) is 28.7. The van der Waals surface area contributed by atoms with Crippen molar-refractivity contribution in [2.45, 2.75) is 70.2 Å². The molecule has 3 heterocycles. The lowest BCUT2D eigenvalue weighted by Crippen LogP contribution is -2.67. The number of hydrogen-bond acceptors (Lipinski definition) is 6. The number of fused-ring (bicyclic) bond motifs is 3. The average molecular weight is 671 g/mol. The summed E-state index contributed by atoms with van der Waals surface area (Å²) < 4.78 is 34.2. The van der Waals surface area contributed by atoms with Crippen LogP contribution < -0.4 is 20.5 Å². The zero-order valence-electron chi connectivity index (χ0n) is 26.1. The number of aromatic nitrogens is 1. The lowest BCUT2D eigenvalue weighted by molar-refractivity contribution is -0.201. The Morgan fingerprint density at radius 3 is 2.23 bits per heavy atom. The summed E-state index contributed by atoms with van der Waals surface area (Å²) in [6.45, 7) is 10.3. The highest BCUT2D eigenvalue weighted by Crippen LogP contribution is 2.55. The van der Waals surface area contributed by atoms with Gasteiger partial charge in [0.05, 0.1) is 29.4 Å². The van der Waals surface area contributed by atoms with Gasteiger partial charge in [0.25, 0.3) is 8.32 Å². The predicted molar refractivity (Wildman–Crippen MR) is 175 cm³/mol. The number of halogens is 1. The monoisotopic (exact) mass is 669 g/mol. The van der Waals surface area contributed by atoms with Crippen LogP contribution in [0.4, 0.5) is 0 Å². The maximum Gasteiger partial charge on any atom is 0.261 e. The van der Waals surface area contributed by atoms with E-state index in [9.17, 15) is 4.79 Å². The molecule has 1 aromatic heterocycles. The van der Waals surface area contributed by atoms with Crippen LogP contribution in [0, 0.1) is 5.41 Å². The number of nitrogens with zero attached hydrogens (tertiary/aromatic N) is 1. The fraction of sp³-hybridized carbons (Fsp3) is 0.500. The lowest BCUT2D eigenvalue weighted by atomic mass is 9.68. The van der Waals surface area contributed by atoms with Crippen LogP contribution in [0.1, 0.15) is 64.8 Å². The fourth-order valence-electron chi connectivity index (χ4n) is 7.32. The van der Waals surface area contributed by atoms with E-state index in [1.165, 1.54) is 10.4 Å². The van der Waals surface area contributed by atoms with Crippen molar-refractivity contribution in [1.29, 1.82) is 0 Å². The van der Waals surface area contributed by atoms with Crippen molar-refractivity contribution >= 4 is 34.6 Å². The van der Waals surface area contributed by atoms with Crippen LogP contribution >= 0.6 is 15.9 Å². The van der Waals surface area contributed by atoms with E-state index in [2.05, 4.69) is 109 Å². The van der Waals surface area contributed by atoms with Gasteiger partial charge in [-0.05, 0) is 50.6 Å². The second-order valence-corrected chi connectivity index (χ2v) is 18.0. The van der Waals surface area contributed by atoms with Gasteiger partial charge in [-0.25, -0.2) is 0 Å². The Bertz CT molecular complexity index is 1400. The molecule has 2 aliphatic rings. The number of ether oxygens (including phenoxy) is 4. The Kier molecular flexibility index (Phi) is 9.71. The number of methoxy groups -OCH3 is 2. The summed E-state index contributed by atoms with van der Waals surface area (Å²) in [4.78, 5) is 13.3. The van der Waals surface area contributed by atoms with Crippen LogP contribution in [-0.2, 0) is 18.6 Å². The summed E-state index contributed by atoms with van der Waals surface area (Å²) in [5.41, 5.74) is -0.00365. The molecule has 0 radical (unpaired) electrons. The highest BCUT2D eigenvalue weighted by molar-refractivity contribution is 9.10. The first-order valence-corrected chi connectivity index (χ1v) is 17.8. The molecule has 9 heteroatoms. The standard InChI is InChI=1S/C34H44BrNO6Si/c1-33(2,3)43(24-14-9-7-10-15-24,25-16-11-8-12-17-25)42-21-19-34(4)31-27(18-13-20-40-31)36-22-26(35)29(37)30(39-6)28(36)32(34)41-23-38-5/h7-12,14-17,22,27,31-32H,13,18-21,23H2,1-6H3. The minimum atomic E-state index is -2.76. The summed E-state index contributed by atoms with van der Waals surface area (Å²) in [5, 5.41) is 2.34. The number of hydrogen-bond donors (Lipinski definition) is 0. The van der Waals surface area contributed by atoms with Gasteiger partial charge in [-0.15, -0.1) is 0 Å². The van der Waals surface area contributed by atoms with E-state index in [1.54, 1.807) is 14.2 Å². The van der Waals surface area contributed by atoms with Crippen LogP contribution in [-0.4, -0.2) is 53.2 Å². The number of pyridine rings is 1. The van der Waals surface area contributed by atoms with Crippen molar-refractivity contribution in [3.8, 4) is 5.75 Å². The average Bonchev–Trinajstić information content (AvgIpc) is 3.01. The van der Waals surface area contributed by atoms with E-state index in [0.29, 0.717) is 29.9 Å². The molecule has 2 aliphatic heterocycles. The Morgan fingerprint density at radius 2 is 1.67 bits per heavy atom. The summed E-state index contributed by atoms with van der Waals surface area (Å²) in [6.07, 6.45) is 3.71. The molecule has 3 aromatic rings. The van der Waals surface area contributed by atoms with Gasteiger partial charge < -0.3 is 27.9 Å². The smallest absolute Gasteiger partial charge is 0.261 e. The first-order chi connectivity index (χ1) is 20.6. The van der Waals surface area contributed by atoms with Crippen LogP contribution in [0.3, 0.4) is 0 Å². The molecule has 1 saturated heterocycles. The maximum atomic E-state index is 13.3. The molecule has 0 bridgehead atoms. The van der Waals surface area contributed by atoms with Gasteiger partial charge in [-0.2, -0.15) is 0 Å². The molecule has 43 heavy (non-hydrogen) atoms. The lowest BCUT2D eigenvalue weighted by Gasteiger charge is -2.54. The molecule has 1 fully saturated rings. The van der Waals surface area contributed by atoms with Gasteiger partial charge >= 0.3 is 0 Å². The third-order valence-corrected chi connectivity index (χ3v) is 14.9. The van der Waals surface area contributed by atoms with E-state index in [1.807, 2.05) is 6.20 Å². The Labute approximate surface area is 264 Å². The largest absolute Gasteiger partial charge is 0.491 e. The SMILES string of the molecule is COCOC1c2c(OC)c(=O)c(Br)cn2C2CCCOC2C1(C)CCO[Si](c1ccccc1)(c1ccccc1)C(C)(C)C. The van der Waals surface area contributed by atoms with Gasteiger partial charge in [0.2, 0.25) is 5.43 Å². The van der Waals surface area contributed by atoms with Crippen LogP contribution in [0.5, 0.6) is 5.75 Å². The third kappa shape index (κ3) is 5.69. The van der Waals surface area contributed by atoms with Gasteiger partial charge in [-0.3, -0.25) is 4.79 Å². The first kappa shape index (κ1) is 32.1. The fourth-order valence-corrected chi connectivity index (χ4v) is 12.3. The second-order valence-electron chi connectivity index (χ2n) is 12.9. The molecule has 0 spiro atoms. The summed E-state index contributed by atoms with van der Waals surface area (Å²) in [5.74, 6) is 0.290. The molecule has 4 unspecified atom stereocenters. The molecule has 2 aromatic carbocycles. The Hall–Kier alpha value is -2.27. The molecule has 0 aliphatic carbocycles. The van der Waals surface area contributed by atoms with Crippen molar-refractivity contribution < 1.29 is 23.4 Å². The molecular formula is C34H44BrNO6Si. The summed E-state index contributed by atoms with van der Waals surface area (Å²) in [7, 11) is 0.399. The first-order valence-electron chi connectivity index (χ1n) is 15.1. The van der Waals surface area contributed by atoms with Crippen molar-refractivity contribution in [2.24, 2.45) is 5.41 Å². The van der Waals surface area contributed by atoms with Crippen molar-refractivity contribution in [1.82, 2.24) is 4.57 Å². The Morgan fingerprint density at radius 1 is 1.05 bits per heavy atom. The second kappa shape index (κ2) is 13.0. The molecule has 0 saturated carbocycles. The summed E-state index contributed by atoms with van der Waals surface area (Å²) >= 11 is 3.48. The number of benzene rings is 2. The summed E-state index contributed by atoms with van der Waals surface area (Å²) in [6, 6.07) is 21.4. The van der Waals surface area contributed by atoms with Gasteiger partial charge in [0, 0.05) is 31.9 Å². The van der Waals surface area contributed by atoms with Crippen LogP contribution in [0.25, 0.3) is 0 Å². The highest BCUT2D eigenvalue weighted by atomic mass is 79.9. The van der Waals surface area contributed by atoms with Crippen molar-refractivity contribution in [3.63, 3.8) is 0 Å². The number of rotatable bonds is 10. The quantitative estimate of drug-likeness (QED) is 0.195. The molecule has 7 nitrogen and oxygen atoms in total. The minimum absolute atomic E-state index is 0.0230. The molecular weight excluding hydrogens is 626 g/mol. The van der Waals surface area contributed by atoms with E-state index in [4.69, 9.17) is 23.4 Å². The van der Waals surface area contributed by atoms with Gasteiger partial charge in [0.15, 0.2) is 5.75 Å². The topological polar surface area (TPSA) is 68.2 Å². The normalized spacial score (nSPS) is 23.8. The molecule has 4 atom stereocenters. The third-order valence-electron chi connectivity index (χ3n) is 9.26. The van der Waals surface area contributed by atoms with E-state index >= 15 is 0 Å². The highest BCUT2D eigenvalue weighted by Gasteiger charge is 2.56. The van der Waals surface area contributed by atoms with Gasteiger partial charge in [-0.1, -0.05) is 88.4 Å². The van der Waals surface area contributed by atoms with Crippen LogP contribution in [0.2, 0.25) is 5.04 Å². The van der Waals surface area contributed by atoms with E-state index in [-0.39, 0.29) is 29.4 Å². The van der Waals surface area contributed by atoms with E-state index < -0.39 is 19.8 Å². The minimum Gasteiger partial charge on any atom is -0.491 e. The van der Waals surface area contributed by atoms with Crippen molar-refractivity contribution in [2.75, 3.05) is 34.2 Å². The van der Waals surface area contributed by atoms with E-state index in [0.717, 1.165) is 18.5 Å². The van der Waals surface area contributed by atoms with Crippen molar-refractivity contribution in [3.05, 3.63) is 87.3 Å².